The molecule has 9 nitrogen and oxygen atoms in total. The van der Waals surface area contributed by atoms with E-state index in [0.717, 1.165) is 11.1 Å². The van der Waals surface area contributed by atoms with Crippen LogP contribution in [0.25, 0.3) is 11.0 Å². The SMILES string of the molecule is O=C(OCc1ccc(OCC(F)(F)F)cc1)N1CC=C2CN(C(=O)c3ccc4[nH]nnc4c3)C[C@H]2CC1. The number of amides is 2. The van der Waals surface area contributed by atoms with Crippen LogP contribution in [-0.2, 0) is 11.3 Å². The first-order chi connectivity index (χ1) is 17.7. The van der Waals surface area contributed by atoms with E-state index in [4.69, 9.17) is 4.74 Å². The van der Waals surface area contributed by atoms with Gasteiger partial charge < -0.3 is 19.3 Å². The summed E-state index contributed by atoms with van der Waals surface area (Å²) >= 11 is 0. The number of nitrogens with zero attached hydrogens (tertiary/aromatic N) is 4. The molecule has 3 aromatic rings. The first kappa shape index (κ1) is 24.6. The largest absolute Gasteiger partial charge is 0.484 e. The fourth-order valence-corrected chi connectivity index (χ4v) is 4.50. The Morgan fingerprint density at radius 3 is 2.70 bits per heavy atom. The third kappa shape index (κ3) is 5.84. The molecule has 1 fully saturated rings. The Labute approximate surface area is 209 Å². The summed E-state index contributed by atoms with van der Waals surface area (Å²) in [4.78, 5) is 29.1. The first-order valence-electron chi connectivity index (χ1n) is 11.7. The van der Waals surface area contributed by atoms with Gasteiger partial charge in [0.05, 0.1) is 5.52 Å². The molecular formula is C25H24F3N5O4. The lowest BCUT2D eigenvalue weighted by Gasteiger charge is -2.21. The number of rotatable bonds is 5. The zero-order valence-corrected chi connectivity index (χ0v) is 19.7. The van der Waals surface area contributed by atoms with Gasteiger partial charge in [-0.05, 0) is 47.9 Å². The summed E-state index contributed by atoms with van der Waals surface area (Å²) in [6, 6.07) is 11.2. The lowest BCUT2D eigenvalue weighted by molar-refractivity contribution is -0.153. The fourth-order valence-electron chi connectivity index (χ4n) is 4.50. The van der Waals surface area contributed by atoms with E-state index >= 15 is 0 Å². The number of aromatic nitrogens is 3. The Kier molecular flexibility index (Phi) is 6.72. The number of likely N-dealkylation sites (tertiary alicyclic amines) is 1. The van der Waals surface area contributed by atoms with Gasteiger partial charge in [0.25, 0.3) is 5.91 Å². The maximum atomic E-state index is 13.0. The number of carbonyl (C=O) groups excluding carboxylic acids is 2. The molecule has 2 aromatic carbocycles. The first-order valence-corrected chi connectivity index (χ1v) is 11.7. The van der Waals surface area contributed by atoms with Crippen LogP contribution >= 0.6 is 0 Å². The van der Waals surface area contributed by atoms with Gasteiger partial charge in [0.15, 0.2) is 6.61 Å². The fraction of sp³-hybridized carbons (Fsp3) is 0.360. The molecule has 0 aliphatic carbocycles. The quantitative estimate of drug-likeness (QED) is 0.517. The molecule has 37 heavy (non-hydrogen) atoms. The molecule has 1 atom stereocenters. The predicted octanol–water partition coefficient (Wildman–Crippen LogP) is 3.94. The number of benzene rings is 2. The summed E-state index contributed by atoms with van der Waals surface area (Å²) in [5.41, 5.74) is 3.73. The minimum atomic E-state index is -4.41. The number of hydrogen-bond donors (Lipinski definition) is 1. The minimum absolute atomic E-state index is 0.00692. The number of nitrogens with one attached hydrogen (secondary N) is 1. The van der Waals surface area contributed by atoms with Gasteiger partial charge in [-0.3, -0.25) is 9.89 Å². The Morgan fingerprint density at radius 1 is 1.11 bits per heavy atom. The highest BCUT2D eigenvalue weighted by Crippen LogP contribution is 2.30. The monoisotopic (exact) mass is 515 g/mol. The van der Waals surface area contributed by atoms with Crippen molar-refractivity contribution in [2.75, 3.05) is 32.8 Å². The molecule has 0 unspecified atom stereocenters. The molecule has 12 heteroatoms. The Balaban J connectivity index is 1.12. The van der Waals surface area contributed by atoms with Crippen LogP contribution in [0.4, 0.5) is 18.0 Å². The highest BCUT2D eigenvalue weighted by Gasteiger charge is 2.33. The van der Waals surface area contributed by atoms with Crippen LogP contribution in [-0.4, -0.2) is 76.2 Å². The predicted molar refractivity (Wildman–Crippen MR) is 126 cm³/mol. The molecule has 2 aliphatic rings. The van der Waals surface area contributed by atoms with Crippen molar-refractivity contribution in [1.82, 2.24) is 25.2 Å². The van der Waals surface area contributed by atoms with Crippen LogP contribution in [0.5, 0.6) is 5.75 Å². The average molecular weight is 515 g/mol. The van der Waals surface area contributed by atoms with Crippen LogP contribution in [0.15, 0.2) is 54.1 Å². The molecule has 0 bridgehead atoms. The number of hydrogen-bond acceptors (Lipinski definition) is 6. The summed E-state index contributed by atoms with van der Waals surface area (Å²) in [6.07, 6.45) is -2.18. The number of halogens is 3. The van der Waals surface area contributed by atoms with Gasteiger partial charge in [0.1, 0.15) is 17.9 Å². The second kappa shape index (κ2) is 10.1. The third-order valence-corrected chi connectivity index (χ3v) is 6.47. The summed E-state index contributed by atoms with van der Waals surface area (Å²) in [6.45, 7) is 0.575. The molecule has 1 aromatic heterocycles. The van der Waals surface area contributed by atoms with E-state index in [0.29, 0.717) is 49.2 Å². The smallest absolute Gasteiger partial charge is 0.422 e. The van der Waals surface area contributed by atoms with Gasteiger partial charge in [-0.2, -0.15) is 13.2 Å². The van der Waals surface area contributed by atoms with Crippen molar-refractivity contribution in [1.29, 1.82) is 0 Å². The van der Waals surface area contributed by atoms with Crippen LogP contribution in [0.2, 0.25) is 0 Å². The summed E-state index contributed by atoms with van der Waals surface area (Å²) < 4.78 is 46.9. The standard InChI is InChI=1S/C25H24F3N5O4/c26-25(27,28)15-37-20-4-1-16(2-5-20)14-36-24(35)32-9-7-18-12-33(13-19(18)8-10-32)23(34)17-3-6-21-22(11-17)30-31-29-21/h1-7,11,19H,8-10,12-15H2,(H,29,30,31)/t19-/m1/s1. The van der Waals surface area contributed by atoms with E-state index in [9.17, 15) is 22.8 Å². The van der Waals surface area contributed by atoms with Crippen molar-refractivity contribution in [3.63, 3.8) is 0 Å². The van der Waals surface area contributed by atoms with E-state index in [1.807, 2.05) is 11.0 Å². The van der Waals surface area contributed by atoms with E-state index in [1.165, 1.54) is 12.1 Å². The zero-order chi connectivity index (χ0) is 26.0. The van der Waals surface area contributed by atoms with Crippen LogP contribution < -0.4 is 4.74 Å². The van der Waals surface area contributed by atoms with Gasteiger partial charge >= 0.3 is 12.3 Å². The van der Waals surface area contributed by atoms with E-state index in [-0.39, 0.29) is 24.2 Å². The number of alkyl halides is 3. The van der Waals surface area contributed by atoms with Crippen LogP contribution in [0.3, 0.4) is 0 Å². The van der Waals surface area contributed by atoms with Gasteiger partial charge in [0, 0.05) is 37.7 Å². The lowest BCUT2D eigenvalue weighted by atomic mass is 10.00. The van der Waals surface area contributed by atoms with Crippen molar-refractivity contribution in [3.05, 3.63) is 65.2 Å². The highest BCUT2D eigenvalue weighted by molar-refractivity contribution is 5.97. The van der Waals surface area contributed by atoms with Crippen molar-refractivity contribution < 1.29 is 32.2 Å². The molecule has 5 rings (SSSR count). The minimum Gasteiger partial charge on any atom is -0.484 e. The number of H-pyrrole nitrogens is 1. The van der Waals surface area contributed by atoms with Crippen LogP contribution in [0.1, 0.15) is 22.3 Å². The molecule has 1 saturated heterocycles. The maximum absolute atomic E-state index is 13.0. The van der Waals surface area contributed by atoms with Crippen LogP contribution in [0, 0.1) is 5.92 Å². The number of ether oxygens (including phenoxy) is 2. The van der Waals surface area contributed by atoms with Crippen molar-refractivity contribution >= 4 is 23.0 Å². The highest BCUT2D eigenvalue weighted by atomic mass is 19.4. The Morgan fingerprint density at radius 2 is 1.92 bits per heavy atom. The second-order valence-electron chi connectivity index (χ2n) is 9.04. The summed E-state index contributed by atoms with van der Waals surface area (Å²) in [7, 11) is 0. The van der Waals surface area contributed by atoms with E-state index < -0.39 is 18.9 Å². The topological polar surface area (TPSA) is 101 Å². The molecule has 194 valence electrons. The molecule has 2 aliphatic heterocycles. The Hall–Kier alpha value is -4.09. The number of carbonyl (C=O) groups is 2. The van der Waals surface area contributed by atoms with Gasteiger partial charge in [-0.25, -0.2) is 4.79 Å². The van der Waals surface area contributed by atoms with Gasteiger partial charge in [0.2, 0.25) is 0 Å². The average Bonchev–Trinajstić information content (AvgIpc) is 3.47. The van der Waals surface area contributed by atoms with Crippen molar-refractivity contribution in [2.24, 2.45) is 5.92 Å². The molecule has 1 N–H and O–H groups in total. The summed E-state index contributed by atoms with van der Waals surface area (Å²) in [5.74, 6) is 0.191. The Bertz CT molecular complexity index is 1320. The molecule has 2 amide bonds. The zero-order valence-electron chi connectivity index (χ0n) is 19.7. The summed E-state index contributed by atoms with van der Waals surface area (Å²) in [5, 5.41) is 10.5. The van der Waals surface area contributed by atoms with E-state index in [2.05, 4.69) is 20.1 Å². The molecular weight excluding hydrogens is 491 g/mol. The van der Waals surface area contributed by atoms with Gasteiger partial charge in [-0.15, -0.1) is 5.10 Å². The molecule has 3 heterocycles. The van der Waals surface area contributed by atoms with E-state index in [1.54, 1.807) is 35.2 Å². The normalized spacial score (nSPS) is 17.8. The molecule has 0 spiro atoms. The maximum Gasteiger partial charge on any atom is 0.422 e. The number of aromatic amines is 1. The van der Waals surface area contributed by atoms with Crippen molar-refractivity contribution in [3.8, 4) is 5.75 Å². The number of fused-ring (bicyclic) bond motifs is 2. The molecule has 0 radical (unpaired) electrons. The molecule has 0 saturated carbocycles. The van der Waals surface area contributed by atoms with Gasteiger partial charge in [-0.1, -0.05) is 23.4 Å². The van der Waals surface area contributed by atoms with Crippen molar-refractivity contribution in [2.45, 2.75) is 19.2 Å². The second-order valence-corrected chi connectivity index (χ2v) is 9.04. The third-order valence-electron chi connectivity index (χ3n) is 6.47. The lowest BCUT2D eigenvalue weighted by Crippen LogP contribution is -2.33.